The number of hydrogen-bond donors (Lipinski definition) is 2. The number of hydrogen-bond acceptors (Lipinski definition) is 5. The number of aliphatic hydroxyl groups is 1. The van der Waals surface area contributed by atoms with Crippen LogP contribution in [-0.4, -0.2) is 42.2 Å². The third kappa shape index (κ3) is 4.68. The van der Waals surface area contributed by atoms with Gasteiger partial charge in [-0.3, -0.25) is 4.79 Å². The smallest absolute Gasteiger partial charge is 0.298 e. The van der Waals surface area contributed by atoms with E-state index in [9.17, 15) is 9.90 Å². The Balaban J connectivity index is 1.59. The van der Waals surface area contributed by atoms with Crippen LogP contribution >= 0.6 is 11.6 Å². The third-order valence-corrected chi connectivity index (χ3v) is 5.03. The van der Waals surface area contributed by atoms with Gasteiger partial charge in [0.15, 0.2) is 5.58 Å². The second kappa shape index (κ2) is 7.84. The van der Waals surface area contributed by atoms with Gasteiger partial charge in [0.2, 0.25) is 5.91 Å². The van der Waals surface area contributed by atoms with E-state index in [0.717, 1.165) is 31.4 Å². The summed E-state index contributed by atoms with van der Waals surface area (Å²) in [6.45, 7) is 5.99. The predicted octanol–water partition coefficient (Wildman–Crippen LogP) is 3.22. The van der Waals surface area contributed by atoms with Gasteiger partial charge < -0.3 is 19.7 Å². The van der Waals surface area contributed by atoms with E-state index in [2.05, 4.69) is 15.2 Å². The van der Waals surface area contributed by atoms with E-state index in [1.54, 1.807) is 12.1 Å². The van der Waals surface area contributed by atoms with Crippen LogP contribution in [0, 0.1) is 11.3 Å². The van der Waals surface area contributed by atoms with Crippen molar-refractivity contribution in [2.45, 2.75) is 33.1 Å². The lowest BCUT2D eigenvalue weighted by molar-refractivity contribution is -0.122. The van der Waals surface area contributed by atoms with Gasteiger partial charge in [0.1, 0.15) is 5.52 Å². The molecule has 2 aromatic rings. The number of aromatic nitrogens is 1. The molecule has 1 saturated heterocycles. The molecule has 1 aromatic heterocycles. The molecule has 1 aliphatic rings. The van der Waals surface area contributed by atoms with Gasteiger partial charge in [-0.05, 0) is 30.9 Å². The number of carbonyl (C=O) groups excluding carboxylic acids is 1. The predicted molar refractivity (Wildman–Crippen MR) is 102 cm³/mol. The number of halogens is 1. The molecule has 0 bridgehead atoms. The first kappa shape index (κ1) is 19.0. The van der Waals surface area contributed by atoms with Gasteiger partial charge in [0, 0.05) is 49.2 Å². The maximum Gasteiger partial charge on any atom is 0.298 e. The average Bonchev–Trinajstić information content (AvgIpc) is 3.03. The first-order valence-corrected chi connectivity index (χ1v) is 9.43. The molecular formula is C19H26ClN3O3. The molecule has 0 spiro atoms. The molecule has 0 saturated carbocycles. The molecule has 2 heterocycles. The fraction of sp³-hybridized carbons (Fsp3) is 0.579. The van der Waals surface area contributed by atoms with Gasteiger partial charge in [0.25, 0.3) is 6.01 Å². The van der Waals surface area contributed by atoms with E-state index < -0.39 is 0 Å². The van der Waals surface area contributed by atoms with Gasteiger partial charge >= 0.3 is 0 Å². The van der Waals surface area contributed by atoms with Crippen molar-refractivity contribution in [2.75, 3.05) is 31.1 Å². The van der Waals surface area contributed by atoms with Gasteiger partial charge in [-0.15, -0.1) is 0 Å². The Labute approximate surface area is 158 Å². The fourth-order valence-corrected chi connectivity index (χ4v) is 3.32. The van der Waals surface area contributed by atoms with E-state index in [-0.39, 0.29) is 23.8 Å². The zero-order valence-corrected chi connectivity index (χ0v) is 16.1. The summed E-state index contributed by atoms with van der Waals surface area (Å²) >= 11 is 6.00. The van der Waals surface area contributed by atoms with E-state index in [0.29, 0.717) is 29.6 Å². The van der Waals surface area contributed by atoms with E-state index in [1.165, 1.54) is 0 Å². The standard InChI is InChI=1S/C19H26ClN3O3/c1-19(2,12-24)11-21-17(25)8-13-4-3-7-23(10-13)18-22-15-6-5-14(20)9-16(15)26-18/h5-6,9,13,24H,3-4,7-8,10-12H2,1-2H3,(H,21,25). The van der Waals surface area contributed by atoms with Crippen molar-refractivity contribution >= 4 is 34.6 Å². The first-order valence-electron chi connectivity index (χ1n) is 9.05. The summed E-state index contributed by atoms with van der Waals surface area (Å²) in [6, 6.07) is 6.01. The van der Waals surface area contributed by atoms with Gasteiger partial charge in [-0.1, -0.05) is 25.4 Å². The van der Waals surface area contributed by atoms with Crippen LogP contribution in [0.2, 0.25) is 5.02 Å². The summed E-state index contributed by atoms with van der Waals surface area (Å²) in [5, 5.41) is 12.8. The number of nitrogens with one attached hydrogen (secondary N) is 1. The van der Waals surface area contributed by atoms with Crippen LogP contribution in [0.5, 0.6) is 0 Å². The van der Waals surface area contributed by atoms with E-state index in [4.69, 9.17) is 16.0 Å². The van der Waals surface area contributed by atoms with Crippen molar-refractivity contribution < 1.29 is 14.3 Å². The van der Waals surface area contributed by atoms with E-state index in [1.807, 2.05) is 19.9 Å². The molecule has 142 valence electrons. The molecule has 1 aromatic carbocycles. The molecule has 3 rings (SSSR count). The Morgan fingerprint density at radius 2 is 2.31 bits per heavy atom. The lowest BCUT2D eigenvalue weighted by Crippen LogP contribution is -2.40. The van der Waals surface area contributed by atoms with Gasteiger partial charge in [-0.2, -0.15) is 4.98 Å². The van der Waals surface area contributed by atoms with Crippen LogP contribution in [0.3, 0.4) is 0 Å². The molecular weight excluding hydrogens is 354 g/mol. The SMILES string of the molecule is CC(C)(CO)CNC(=O)CC1CCCN(c2nc3ccc(Cl)cc3o2)C1. The molecule has 0 radical (unpaired) electrons. The maximum atomic E-state index is 12.2. The number of rotatable bonds is 6. The normalized spacial score (nSPS) is 18.3. The second-order valence-corrected chi connectivity index (χ2v) is 8.30. The molecule has 1 fully saturated rings. The Bertz CT molecular complexity index is 774. The Kier molecular flexibility index (Phi) is 5.73. The molecule has 2 N–H and O–H groups in total. The van der Waals surface area contributed by atoms with Crippen molar-refractivity contribution in [3.63, 3.8) is 0 Å². The van der Waals surface area contributed by atoms with Crippen molar-refractivity contribution in [3.8, 4) is 0 Å². The number of piperidine rings is 1. The van der Waals surface area contributed by atoms with Gasteiger partial charge in [0.05, 0.1) is 0 Å². The topological polar surface area (TPSA) is 78.6 Å². The summed E-state index contributed by atoms with van der Waals surface area (Å²) in [5.41, 5.74) is 1.17. The highest BCUT2D eigenvalue weighted by atomic mass is 35.5. The second-order valence-electron chi connectivity index (χ2n) is 7.87. The Morgan fingerprint density at radius 3 is 3.08 bits per heavy atom. The Morgan fingerprint density at radius 1 is 1.50 bits per heavy atom. The van der Waals surface area contributed by atoms with Gasteiger partial charge in [-0.25, -0.2) is 0 Å². The van der Waals surface area contributed by atoms with Crippen LogP contribution in [0.15, 0.2) is 22.6 Å². The molecule has 1 unspecified atom stereocenters. The number of benzene rings is 1. The summed E-state index contributed by atoms with van der Waals surface area (Å²) in [6.07, 6.45) is 2.49. The summed E-state index contributed by atoms with van der Waals surface area (Å²) < 4.78 is 5.85. The summed E-state index contributed by atoms with van der Waals surface area (Å²) in [4.78, 5) is 18.9. The molecule has 1 amide bonds. The minimum absolute atomic E-state index is 0.0303. The largest absolute Gasteiger partial charge is 0.423 e. The highest BCUT2D eigenvalue weighted by molar-refractivity contribution is 6.31. The highest BCUT2D eigenvalue weighted by Gasteiger charge is 2.26. The monoisotopic (exact) mass is 379 g/mol. The number of fused-ring (bicyclic) bond motifs is 1. The number of aliphatic hydroxyl groups excluding tert-OH is 1. The summed E-state index contributed by atoms with van der Waals surface area (Å²) in [5.74, 6) is 0.294. The molecule has 0 aliphatic carbocycles. The van der Waals surface area contributed by atoms with E-state index >= 15 is 0 Å². The average molecular weight is 380 g/mol. The molecule has 7 heteroatoms. The minimum atomic E-state index is -0.298. The quantitative estimate of drug-likeness (QED) is 0.805. The number of nitrogens with zero attached hydrogens (tertiary/aromatic N) is 2. The lowest BCUT2D eigenvalue weighted by atomic mass is 9.93. The number of amides is 1. The highest BCUT2D eigenvalue weighted by Crippen LogP contribution is 2.28. The molecule has 26 heavy (non-hydrogen) atoms. The number of carbonyl (C=O) groups is 1. The van der Waals surface area contributed by atoms with Crippen molar-refractivity contribution in [2.24, 2.45) is 11.3 Å². The van der Waals surface area contributed by atoms with Crippen LogP contribution in [-0.2, 0) is 4.79 Å². The van der Waals surface area contributed by atoms with Crippen LogP contribution in [0.25, 0.3) is 11.1 Å². The van der Waals surface area contributed by atoms with Crippen molar-refractivity contribution in [1.29, 1.82) is 0 Å². The lowest BCUT2D eigenvalue weighted by Gasteiger charge is -2.31. The summed E-state index contributed by atoms with van der Waals surface area (Å²) in [7, 11) is 0. The number of oxazole rings is 1. The molecule has 1 atom stereocenters. The number of anilines is 1. The Hall–Kier alpha value is -1.79. The van der Waals surface area contributed by atoms with Crippen LogP contribution in [0.1, 0.15) is 33.1 Å². The maximum absolute atomic E-state index is 12.2. The van der Waals surface area contributed by atoms with Crippen LogP contribution < -0.4 is 10.2 Å². The molecule has 6 nitrogen and oxygen atoms in total. The molecule has 1 aliphatic heterocycles. The fourth-order valence-electron chi connectivity index (χ4n) is 3.16. The first-order chi connectivity index (χ1) is 12.4. The minimum Gasteiger partial charge on any atom is -0.423 e. The third-order valence-electron chi connectivity index (χ3n) is 4.79. The van der Waals surface area contributed by atoms with Crippen molar-refractivity contribution in [1.82, 2.24) is 10.3 Å². The zero-order chi connectivity index (χ0) is 18.7. The van der Waals surface area contributed by atoms with Crippen LogP contribution in [0.4, 0.5) is 6.01 Å². The zero-order valence-electron chi connectivity index (χ0n) is 15.3. The van der Waals surface area contributed by atoms with Crippen molar-refractivity contribution in [3.05, 3.63) is 23.2 Å².